The molecule has 0 spiro atoms. The van der Waals surface area contributed by atoms with Gasteiger partial charge in [-0.1, -0.05) is 6.07 Å². The lowest BCUT2D eigenvalue weighted by molar-refractivity contribution is -0.154. The first-order chi connectivity index (χ1) is 13.3. The Morgan fingerprint density at radius 1 is 1.21 bits per heavy atom. The molecule has 0 fully saturated rings. The van der Waals surface area contributed by atoms with Crippen LogP contribution in [-0.4, -0.2) is 60.7 Å². The maximum atomic E-state index is 12.1. The molecule has 11 heteroatoms. The van der Waals surface area contributed by atoms with E-state index in [0.29, 0.717) is 38.6 Å². The van der Waals surface area contributed by atoms with E-state index >= 15 is 0 Å². The van der Waals surface area contributed by atoms with Crippen LogP contribution in [0.1, 0.15) is 32.8 Å². The molecule has 0 radical (unpaired) electrons. The Morgan fingerprint density at radius 3 is 2.41 bits per heavy atom. The number of rotatable bonds is 10. The third-order valence-corrected chi connectivity index (χ3v) is 3.69. The van der Waals surface area contributed by atoms with E-state index in [9.17, 15) is 18.0 Å². The topological polar surface area (TPSA) is 78.9 Å². The minimum atomic E-state index is -4.40. The van der Waals surface area contributed by atoms with Crippen molar-refractivity contribution in [2.75, 3.05) is 32.8 Å². The van der Waals surface area contributed by atoms with E-state index in [1.54, 1.807) is 11.0 Å². The van der Waals surface area contributed by atoms with Crippen molar-refractivity contribution in [1.82, 2.24) is 20.5 Å². The summed E-state index contributed by atoms with van der Waals surface area (Å²) in [5, 5.41) is 6.17. The summed E-state index contributed by atoms with van der Waals surface area (Å²) in [7, 11) is 0. The summed E-state index contributed by atoms with van der Waals surface area (Å²) in [5.41, 5.74) is 0.718. The van der Waals surface area contributed by atoms with Gasteiger partial charge in [-0.25, -0.2) is 9.98 Å². The zero-order valence-corrected chi connectivity index (χ0v) is 19.2. The van der Waals surface area contributed by atoms with E-state index in [1.165, 1.54) is 12.3 Å². The van der Waals surface area contributed by atoms with Crippen molar-refractivity contribution in [3.8, 4) is 5.88 Å². The Labute approximate surface area is 186 Å². The maximum Gasteiger partial charge on any atom is 0.422 e. The molecular weight excluding hydrogens is 502 g/mol. The third kappa shape index (κ3) is 11.7. The van der Waals surface area contributed by atoms with E-state index < -0.39 is 12.8 Å². The number of carbonyl (C=O) groups is 1. The van der Waals surface area contributed by atoms with Gasteiger partial charge in [0, 0.05) is 44.9 Å². The SMILES string of the molecule is CCNC(=NCc1ccc(OCC(F)(F)F)nc1)NCCC(=O)N(CC)CC.I. The van der Waals surface area contributed by atoms with Crippen molar-refractivity contribution in [3.63, 3.8) is 0 Å². The second kappa shape index (κ2) is 14.2. The molecule has 0 saturated carbocycles. The fourth-order valence-electron chi connectivity index (χ4n) is 2.28. The number of hydrogen-bond acceptors (Lipinski definition) is 4. The molecule has 0 aliphatic carbocycles. The molecule has 0 aromatic carbocycles. The molecule has 1 aromatic heterocycles. The number of halogens is 4. The lowest BCUT2D eigenvalue weighted by Crippen LogP contribution is -2.40. The molecule has 0 aliphatic rings. The predicted octanol–water partition coefficient (Wildman–Crippen LogP) is 2.95. The summed E-state index contributed by atoms with van der Waals surface area (Å²) >= 11 is 0. The van der Waals surface area contributed by atoms with Crippen LogP contribution in [-0.2, 0) is 11.3 Å². The normalized spacial score (nSPS) is 11.4. The number of guanidine groups is 1. The zero-order chi connectivity index (χ0) is 21.0. The molecule has 166 valence electrons. The van der Waals surface area contributed by atoms with Gasteiger partial charge in [0.1, 0.15) is 0 Å². The molecular formula is C18H29F3IN5O2. The second-order valence-corrected chi connectivity index (χ2v) is 5.85. The molecule has 0 atom stereocenters. The van der Waals surface area contributed by atoms with Crippen molar-refractivity contribution in [1.29, 1.82) is 0 Å². The number of alkyl halides is 3. The molecule has 2 N–H and O–H groups in total. The van der Waals surface area contributed by atoms with Crippen LogP contribution in [0.4, 0.5) is 13.2 Å². The second-order valence-electron chi connectivity index (χ2n) is 5.85. The fourth-order valence-corrected chi connectivity index (χ4v) is 2.28. The number of amides is 1. The molecule has 7 nitrogen and oxygen atoms in total. The average Bonchev–Trinajstić information content (AvgIpc) is 2.65. The first kappa shape index (κ1) is 27.2. The number of carbonyl (C=O) groups excluding carboxylic acids is 1. The highest BCUT2D eigenvalue weighted by Gasteiger charge is 2.28. The predicted molar refractivity (Wildman–Crippen MR) is 117 cm³/mol. The van der Waals surface area contributed by atoms with Gasteiger partial charge in [-0.05, 0) is 26.3 Å². The Morgan fingerprint density at radius 2 is 1.90 bits per heavy atom. The number of aromatic nitrogens is 1. The fraction of sp³-hybridized carbons (Fsp3) is 0.611. The lowest BCUT2D eigenvalue weighted by Gasteiger charge is -2.19. The van der Waals surface area contributed by atoms with Crippen LogP contribution in [0.25, 0.3) is 0 Å². The van der Waals surface area contributed by atoms with E-state index in [2.05, 4.69) is 25.3 Å². The van der Waals surface area contributed by atoms with Gasteiger partial charge in [-0.3, -0.25) is 4.79 Å². The maximum absolute atomic E-state index is 12.1. The largest absolute Gasteiger partial charge is 0.468 e. The van der Waals surface area contributed by atoms with E-state index in [-0.39, 0.29) is 42.3 Å². The first-order valence-electron chi connectivity index (χ1n) is 9.23. The molecule has 0 unspecified atom stereocenters. The molecule has 0 aliphatic heterocycles. The summed E-state index contributed by atoms with van der Waals surface area (Å²) in [4.78, 5) is 22.0. The number of nitrogens with zero attached hydrogens (tertiary/aromatic N) is 3. The van der Waals surface area contributed by atoms with Crippen molar-refractivity contribution < 1.29 is 22.7 Å². The zero-order valence-electron chi connectivity index (χ0n) is 16.9. The minimum Gasteiger partial charge on any atom is -0.468 e. The Hall–Kier alpha value is -1.79. The van der Waals surface area contributed by atoms with Gasteiger partial charge < -0.3 is 20.3 Å². The van der Waals surface area contributed by atoms with Gasteiger partial charge in [0.15, 0.2) is 12.6 Å². The van der Waals surface area contributed by atoms with Gasteiger partial charge in [-0.2, -0.15) is 13.2 Å². The summed E-state index contributed by atoms with van der Waals surface area (Å²) in [6, 6.07) is 2.98. The van der Waals surface area contributed by atoms with E-state index in [0.717, 1.165) is 5.56 Å². The van der Waals surface area contributed by atoms with Crippen LogP contribution >= 0.6 is 24.0 Å². The Bertz CT molecular complexity index is 623. The summed E-state index contributed by atoms with van der Waals surface area (Å²) in [6.45, 7) is 7.17. The van der Waals surface area contributed by atoms with Crippen LogP contribution in [0.3, 0.4) is 0 Å². The van der Waals surface area contributed by atoms with Crippen molar-refractivity contribution in [2.24, 2.45) is 4.99 Å². The monoisotopic (exact) mass is 531 g/mol. The highest BCUT2D eigenvalue weighted by atomic mass is 127. The van der Waals surface area contributed by atoms with E-state index in [1.807, 2.05) is 20.8 Å². The molecule has 1 heterocycles. The Balaban J connectivity index is 0.00000784. The molecule has 1 amide bonds. The molecule has 29 heavy (non-hydrogen) atoms. The van der Waals surface area contributed by atoms with Crippen LogP contribution in [0, 0.1) is 0 Å². The van der Waals surface area contributed by atoms with Crippen molar-refractivity contribution >= 4 is 35.8 Å². The van der Waals surface area contributed by atoms with Gasteiger partial charge >= 0.3 is 6.18 Å². The molecule has 0 saturated heterocycles. The highest BCUT2D eigenvalue weighted by Crippen LogP contribution is 2.17. The molecule has 1 aromatic rings. The summed E-state index contributed by atoms with van der Waals surface area (Å²) in [5.74, 6) is 0.532. The van der Waals surface area contributed by atoms with E-state index in [4.69, 9.17) is 0 Å². The standard InChI is InChI=1S/C18H28F3N5O2.HI/c1-4-22-17(23-10-9-16(27)26(5-2)6-3)25-12-14-7-8-15(24-11-14)28-13-18(19,20)21;/h7-8,11H,4-6,9-10,12-13H2,1-3H3,(H2,22,23,25);1H. The minimum absolute atomic E-state index is 0. The van der Waals surface area contributed by atoms with Crippen LogP contribution in [0.2, 0.25) is 0 Å². The number of aliphatic imine (C=N–C) groups is 1. The summed E-state index contributed by atoms with van der Waals surface area (Å²) < 4.78 is 41.0. The lowest BCUT2D eigenvalue weighted by atomic mass is 10.3. The third-order valence-electron chi connectivity index (χ3n) is 3.69. The van der Waals surface area contributed by atoms with Crippen molar-refractivity contribution in [2.45, 2.75) is 39.9 Å². The van der Waals surface area contributed by atoms with Gasteiger partial charge in [0.2, 0.25) is 11.8 Å². The quantitative estimate of drug-likeness (QED) is 0.276. The van der Waals surface area contributed by atoms with Gasteiger partial charge in [-0.15, -0.1) is 24.0 Å². The average molecular weight is 531 g/mol. The van der Waals surface area contributed by atoms with Gasteiger partial charge in [0.25, 0.3) is 0 Å². The van der Waals surface area contributed by atoms with Crippen LogP contribution < -0.4 is 15.4 Å². The number of ether oxygens (including phenoxy) is 1. The summed E-state index contributed by atoms with van der Waals surface area (Å²) in [6.07, 6.45) is -2.62. The smallest absolute Gasteiger partial charge is 0.422 e. The molecule has 0 bridgehead atoms. The van der Waals surface area contributed by atoms with Crippen molar-refractivity contribution in [3.05, 3.63) is 23.9 Å². The number of hydrogen-bond donors (Lipinski definition) is 2. The highest BCUT2D eigenvalue weighted by molar-refractivity contribution is 14.0. The first-order valence-corrected chi connectivity index (χ1v) is 9.23. The number of nitrogens with one attached hydrogen (secondary N) is 2. The Kier molecular flexibility index (Phi) is 13.4. The van der Waals surface area contributed by atoms with Crippen LogP contribution in [0.15, 0.2) is 23.3 Å². The van der Waals surface area contributed by atoms with Crippen LogP contribution in [0.5, 0.6) is 5.88 Å². The number of pyridine rings is 1. The van der Waals surface area contributed by atoms with Gasteiger partial charge in [0.05, 0.1) is 6.54 Å². The molecule has 1 rings (SSSR count).